The van der Waals surface area contributed by atoms with Crippen molar-refractivity contribution in [3.05, 3.63) is 29.3 Å². The average Bonchev–Trinajstić information content (AvgIpc) is 2.30. The number of hydrogen-bond acceptors (Lipinski definition) is 2. The van der Waals surface area contributed by atoms with Crippen LogP contribution in [0.2, 0.25) is 0 Å². The summed E-state index contributed by atoms with van der Waals surface area (Å²) < 4.78 is 10.7. The summed E-state index contributed by atoms with van der Waals surface area (Å²) in [5.74, 6) is 1.04. The Hall–Kier alpha value is -1.02. The highest BCUT2D eigenvalue weighted by Gasteiger charge is 2.03. The molecule has 0 radical (unpaired) electrons. The molecule has 0 atom stereocenters. The SMILES string of the molecule is CCOc1cc(CCCOC)ccc1CC. The summed E-state index contributed by atoms with van der Waals surface area (Å²) in [6.45, 7) is 5.73. The lowest BCUT2D eigenvalue weighted by Crippen LogP contribution is -1.98. The highest BCUT2D eigenvalue weighted by molar-refractivity contribution is 5.37. The Morgan fingerprint density at radius 3 is 2.62 bits per heavy atom. The molecule has 0 aromatic heterocycles. The summed E-state index contributed by atoms with van der Waals surface area (Å²) in [7, 11) is 1.74. The van der Waals surface area contributed by atoms with Gasteiger partial charge in [-0.15, -0.1) is 0 Å². The Labute approximate surface area is 98.6 Å². The van der Waals surface area contributed by atoms with Crippen LogP contribution in [0, 0.1) is 0 Å². The zero-order valence-electron chi connectivity index (χ0n) is 10.6. The van der Waals surface area contributed by atoms with Gasteiger partial charge >= 0.3 is 0 Å². The first kappa shape index (κ1) is 13.0. The van der Waals surface area contributed by atoms with E-state index < -0.39 is 0 Å². The van der Waals surface area contributed by atoms with Gasteiger partial charge in [-0.25, -0.2) is 0 Å². The number of benzene rings is 1. The van der Waals surface area contributed by atoms with E-state index in [4.69, 9.17) is 9.47 Å². The zero-order valence-corrected chi connectivity index (χ0v) is 10.6. The van der Waals surface area contributed by atoms with E-state index in [0.717, 1.165) is 38.2 Å². The number of aryl methyl sites for hydroxylation is 2. The molecular formula is C14H22O2. The molecule has 1 aromatic rings. The fraction of sp³-hybridized carbons (Fsp3) is 0.571. The number of methoxy groups -OCH3 is 1. The van der Waals surface area contributed by atoms with Crippen LogP contribution in [0.1, 0.15) is 31.4 Å². The van der Waals surface area contributed by atoms with Crippen molar-refractivity contribution < 1.29 is 9.47 Å². The van der Waals surface area contributed by atoms with Crippen LogP contribution in [0.5, 0.6) is 5.75 Å². The highest BCUT2D eigenvalue weighted by atomic mass is 16.5. The minimum Gasteiger partial charge on any atom is -0.494 e. The molecular weight excluding hydrogens is 200 g/mol. The van der Waals surface area contributed by atoms with Gasteiger partial charge in [-0.3, -0.25) is 0 Å². The molecule has 1 aromatic carbocycles. The van der Waals surface area contributed by atoms with Crippen molar-refractivity contribution in [1.29, 1.82) is 0 Å². The van der Waals surface area contributed by atoms with E-state index in [1.807, 2.05) is 6.92 Å². The maximum Gasteiger partial charge on any atom is 0.122 e. The molecule has 0 spiro atoms. The predicted molar refractivity (Wildman–Crippen MR) is 67.2 cm³/mol. The summed E-state index contributed by atoms with van der Waals surface area (Å²) in [6, 6.07) is 6.53. The first-order chi connectivity index (χ1) is 7.81. The maximum absolute atomic E-state index is 5.64. The Balaban J connectivity index is 2.68. The summed E-state index contributed by atoms with van der Waals surface area (Å²) in [5.41, 5.74) is 2.62. The third kappa shape index (κ3) is 3.86. The van der Waals surface area contributed by atoms with Crippen molar-refractivity contribution >= 4 is 0 Å². The Kier molecular flexibility index (Phi) is 5.94. The van der Waals surface area contributed by atoms with Crippen molar-refractivity contribution in [2.75, 3.05) is 20.3 Å². The zero-order chi connectivity index (χ0) is 11.8. The number of ether oxygens (including phenoxy) is 2. The quantitative estimate of drug-likeness (QED) is 0.659. The van der Waals surface area contributed by atoms with Gasteiger partial charge in [0.25, 0.3) is 0 Å². The second-order valence-corrected chi connectivity index (χ2v) is 3.82. The van der Waals surface area contributed by atoms with Crippen LogP contribution in [0.3, 0.4) is 0 Å². The molecule has 0 unspecified atom stereocenters. The molecule has 0 heterocycles. The largest absolute Gasteiger partial charge is 0.494 e. The smallest absolute Gasteiger partial charge is 0.122 e. The topological polar surface area (TPSA) is 18.5 Å². The second kappa shape index (κ2) is 7.29. The second-order valence-electron chi connectivity index (χ2n) is 3.82. The first-order valence-electron chi connectivity index (χ1n) is 6.05. The van der Waals surface area contributed by atoms with Crippen molar-refractivity contribution in [1.82, 2.24) is 0 Å². The summed E-state index contributed by atoms with van der Waals surface area (Å²) >= 11 is 0. The lowest BCUT2D eigenvalue weighted by atomic mass is 10.0. The molecule has 1 rings (SSSR count). The summed E-state index contributed by atoms with van der Waals surface area (Å²) in [4.78, 5) is 0. The molecule has 0 amide bonds. The Morgan fingerprint density at radius 1 is 1.19 bits per heavy atom. The minimum atomic E-state index is 0.731. The van der Waals surface area contributed by atoms with Gasteiger partial charge in [0.1, 0.15) is 5.75 Å². The fourth-order valence-corrected chi connectivity index (χ4v) is 1.76. The molecule has 90 valence electrons. The summed E-state index contributed by atoms with van der Waals surface area (Å²) in [5, 5.41) is 0. The van der Waals surface area contributed by atoms with Crippen LogP contribution in [-0.2, 0) is 17.6 Å². The van der Waals surface area contributed by atoms with Crippen molar-refractivity contribution in [2.45, 2.75) is 33.1 Å². The molecule has 0 bridgehead atoms. The molecule has 0 aliphatic rings. The molecule has 0 saturated heterocycles. The molecule has 0 saturated carbocycles. The molecule has 0 fully saturated rings. The average molecular weight is 222 g/mol. The first-order valence-corrected chi connectivity index (χ1v) is 6.05. The van der Waals surface area contributed by atoms with E-state index in [9.17, 15) is 0 Å². The maximum atomic E-state index is 5.64. The third-order valence-electron chi connectivity index (χ3n) is 2.63. The normalized spacial score (nSPS) is 10.4. The van der Waals surface area contributed by atoms with Gasteiger partial charge in [0.05, 0.1) is 6.61 Å². The van der Waals surface area contributed by atoms with E-state index in [1.54, 1.807) is 7.11 Å². The molecule has 0 N–H and O–H groups in total. The Morgan fingerprint density at radius 2 is 2.00 bits per heavy atom. The lowest BCUT2D eigenvalue weighted by molar-refractivity contribution is 0.195. The third-order valence-corrected chi connectivity index (χ3v) is 2.63. The van der Waals surface area contributed by atoms with E-state index in [1.165, 1.54) is 11.1 Å². The van der Waals surface area contributed by atoms with Crippen LogP contribution < -0.4 is 4.74 Å². The van der Waals surface area contributed by atoms with Crippen molar-refractivity contribution in [3.8, 4) is 5.75 Å². The van der Waals surface area contributed by atoms with Gasteiger partial charge in [0.15, 0.2) is 0 Å². The van der Waals surface area contributed by atoms with Crippen LogP contribution >= 0.6 is 0 Å². The van der Waals surface area contributed by atoms with Crippen molar-refractivity contribution in [2.24, 2.45) is 0 Å². The van der Waals surface area contributed by atoms with E-state index >= 15 is 0 Å². The predicted octanol–water partition coefficient (Wildman–Crippen LogP) is 3.23. The Bertz CT molecular complexity index is 308. The van der Waals surface area contributed by atoms with Gasteiger partial charge in [-0.2, -0.15) is 0 Å². The number of rotatable bonds is 7. The van der Waals surface area contributed by atoms with Crippen LogP contribution in [0.25, 0.3) is 0 Å². The van der Waals surface area contributed by atoms with Gasteiger partial charge in [0, 0.05) is 13.7 Å². The van der Waals surface area contributed by atoms with E-state index in [-0.39, 0.29) is 0 Å². The minimum absolute atomic E-state index is 0.731. The van der Waals surface area contributed by atoms with Crippen molar-refractivity contribution in [3.63, 3.8) is 0 Å². The highest BCUT2D eigenvalue weighted by Crippen LogP contribution is 2.21. The van der Waals surface area contributed by atoms with E-state index in [2.05, 4.69) is 25.1 Å². The van der Waals surface area contributed by atoms with Gasteiger partial charge in [0.2, 0.25) is 0 Å². The fourth-order valence-electron chi connectivity index (χ4n) is 1.76. The van der Waals surface area contributed by atoms with Gasteiger partial charge in [-0.05, 0) is 43.4 Å². The van der Waals surface area contributed by atoms with Gasteiger partial charge < -0.3 is 9.47 Å². The molecule has 2 nitrogen and oxygen atoms in total. The number of hydrogen-bond donors (Lipinski definition) is 0. The molecule has 0 aliphatic carbocycles. The van der Waals surface area contributed by atoms with E-state index in [0.29, 0.717) is 0 Å². The van der Waals surface area contributed by atoms with Gasteiger partial charge in [-0.1, -0.05) is 19.1 Å². The molecule has 0 aliphatic heterocycles. The molecule has 2 heteroatoms. The van der Waals surface area contributed by atoms with Crippen LogP contribution in [0.4, 0.5) is 0 Å². The molecule has 16 heavy (non-hydrogen) atoms. The standard InChI is InChI=1S/C14H22O2/c1-4-13-9-8-12(7-6-10-15-3)11-14(13)16-5-2/h8-9,11H,4-7,10H2,1-3H3. The monoisotopic (exact) mass is 222 g/mol. The van der Waals surface area contributed by atoms with Crippen LogP contribution in [0.15, 0.2) is 18.2 Å². The summed E-state index contributed by atoms with van der Waals surface area (Å²) in [6.07, 6.45) is 3.14. The lowest BCUT2D eigenvalue weighted by Gasteiger charge is -2.11. The van der Waals surface area contributed by atoms with Crippen LogP contribution in [-0.4, -0.2) is 20.3 Å².